The summed E-state index contributed by atoms with van der Waals surface area (Å²) >= 11 is 6.43. The first-order valence-corrected chi connectivity index (χ1v) is 5.97. The van der Waals surface area contributed by atoms with Crippen LogP contribution in [0.2, 0.25) is 5.02 Å². The SMILES string of the molecule is Cc1ccccc1-c1[nH]c2ccccc2c1Cl. The van der Waals surface area contributed by atoms with Crippen LogP contribution in [0.5, 0.6) is 0 Å². The summed E-state index contributed by atoms with van der Waals surface area (Å²) in [6.45, 7) is 2.09. The Hall–Kier alpha value is -1.73. The fourth-order valence-electron chi connectivity index (χ4n) is 2.15. The van der Waals surface area contributed by atoms with Gasteiger partial charge in [-0.1, -0.05) is 54.1 Å². The molecule has 0 aliphatic carbocycles. The largest absolute Gasteiger partial charge is 0.353 e. The molecule has 1 nitrogen and oxygen atoms in total. The third-order valence-electron chi connectivity index (χ3n) is 3.06. The van der Waals surface area contributed by atoms with E-state index in [0.29, 0.717) is 0 Å². The van der Waals surface area contributed by atoms with Gasteiger partial charge in [-0.15, -0.1) is 0 Å². The second-order valence-electron chi connectivity index (χ2n) is 4.17. The van der Waals surface area contributed by atoms with Gasteiger partial charge in [0.15, 0.2) is 0 Å². The molecule has 1 N–H and O–H groups in total. The van der Waals surface area contributed by atoms with Gasteiger partial charge in [0, 0.05) is 16.5 Å². The van der Waals surface area contributed by atoms with Gasteiger partial charge in [-0.05, 0) is 18.6 Å². The van der Waals surface area contributed by atoms with Crippen LogP contribution < -0.4 is 0 Å². The second kappa shape index (κ2) is 3.94. The molecule has 3 aromatic rings. The summed E-state index contributed by atoms with van der Waals surface area (Å²) in [6.07, 6.45) is 0. The maximum absolute atomic E-state index is 6.43. The Morgan fingerprint density at radius 2 is 1.65 bits per heavy atom. The average Bonchev–Trinajstić information content (AvgIpc) is 2.68. The van der Waals surface area contributed by atoms with Crippen LogP contribution in [0.15, 0.2) is 48.5 Å². The van der Waals surface area contributed by atoms with E-state index in [2.05, 4.69) is 24.0 Å². The van der Waals surface area contributed by atoms with Crippen molar-refractivity contribution < 1.29 is 0 Å². The van der Waals surface area contributed by atoms with Crippen molar-refractivity contribution in [3.05, 3.63) is 59.1 Å². The molecule has 17 heavy (non-hydrogen) atoms. The molecule has 0 amide bonds. The minimum Gasteiger partial charge on any atom is -0.353 e. The van der Waals surface area contributed by atoms with Crippen LogP contribution in [0.1, 0.15) is 5.56 Å². The van der Waals surface area contributed by atoms with Gasteiger partial charge in [-0.25, -0.2) is 0 Å². The van der Waals surface area contributed by atoms with E-state index in [-0.39, 0.29) is 0 Å². The van der Waals surface area contributed by atoms with Crippen molar-refractivity contribution in [1.82, 2.24) is 4.98 Å². The molecule has 2 aromatic carbocycles. The van der Waals surface area contributed by atoms with Crippen molar-refractivity contribution in [2.75, 3.05) is 0 Å². The zero-order valence-corrected chi connectivity index (χ0v) is 10.3. The number of aryl methyl sites for hydroxylation is 1. The quantitative estimate of drug-likeness (QED) is 0.630. The fraction of sp³-hybridized carbons (Fsp3) is 0.0667. The van der Waals surface area contributed by atoms with E-state index in [0.717, 1.165) is 27.2 Å². The van der Waals surface area contributed by atoms with Crippen molar-refractivity contribution in [1.29, 1.82) is 0 Å². The third-order valence-corrected chi connectivity index (χ3v) is 3.45. The van der Waals surface area contributed by atoms with E-state index in [4.69, 9.17) is 11.6 Å². The molecule has 0 spiro atoms. The number of hydrogen-bond donors (Lipinski definition) is 1. The van der Waals surface area contributed by atoms with E-state index in [9.17, 15) is 0 Å². The Kier molecular flexibility index (Phi) is 2.41. The molecule has 2 heteroatoms. The maximum atomic E-state index is 6.43. The highest BCUT2D eigenvalue weighted by molar-refractivity contribution is 6.38. The lowest BCUT2D eigenvalue weighted by Crippen LogP contribution is -1.82. The second-order valence-corrected chi connectivity index (χ2v) is 4.55. The Labute approximate surface area is 105 Å². The normalized spacial score (nSPS) is 10.9. The van der Waals surface area contributed by atoms with Gasteiger partial charge in [0.25, 0.3) is 0 Å². The molecule has 0 radical (unpaired) electrons. The highest BCUT2D eigenvalue weighted by atomic mass is 35.5. The fourth-order valence-corrected chi connectivity index (χ4v) is 2.46. The highest BCUT2D eigenvalue weighted by Crippen LogP contribution is 2.35. The summed E-state index contributed by atoms with van der Waals surface area (Å²) in [7, 11) is 0. The maximum Gasteiger partial charge on any atom is 0.0740 e. The van der Waals surface area contributed by atoms with Crippen LogP contribution in [0.3, 0.4) is 0 Å². The van der Waals surface area contributed by atoms with Crippen LogP contribution in [-0.2, 0) is 0 Å². The van der Waals surface area contributed by atoms with Gasteiger partial charge in [0.1, 0.15) is 0 Å². The number of aromatic nitrogens is 1. The highest BCUT2D eigenvalue weighted by Gasteiger charge is 2.11. The van der Waals surface area contributed by atoms with Crippen LogP contribution in [0, 0.1) is 6.92 Å². The van der Waals surface area contributed by atoms with Gasteiger partial charge < -0.3 is 4.98 Å². The summed E-state index contributed by atoms with van der Waals surface area (Å²) in [5.74, 6) is 0. The van der Waals surface area contributed by atoms with Crippen LogP contribution >= 0.6 is 11.6 Å². The van der Waals surface area contributed by atoms with Crippen LogP contribution in [0.25, 0.3) is 22.2 Å². The summed E-state index contributed by atoms with van der Waals surface area (Å²) in [4.78, 5) is 3.39. The van der Waals surface area contributed by atoms with E-state index in [1.807, 2.05) is 36.4 Å². The molecule has 0 atom stereocenters. The number of aromatic amines is 1. The van der Waals surface area contributed by atoms with Gasteiger partial charge in [-0.3, -0.25) is 0 Å². The zero-order valence-electron chi connectivity index (χ0n) is 9.50. The van der Waals surface area contributed by atoms with Crippen LogP contribution in [0.4, 0.5) is 0 Å². The Balaban J connectivity index is 2.32. The van der Waals surface area contributed by atoms with Gasteiger partial charge in [0.05, 0.1) is 10.7 Å². The van der Waals surface area contributed by atoms with Crippen molar-refractivity contribution in [2.45, 2.75) is 6.92 Å². The molecular weight excluding hydrogens is 230 g/mol. The number of nitrogens with one attached hydrogen (secondary N) is 1. The Morgan fingerprint density at radius 3 is 2.41 bits per heavy atom. The predicted octanol–water partition coefficient (Wildman–Crippen LogP) is 4.80. The molecule has 3 rings (SSSR count). The molecule has 0 aliphatic rings. The van der Waals surface area contributed by atoms with Crippen molar-refractivity contribution >= 4 is 22.5 Å². The summed E-state index contributed by atoms with van der Waals surface area (Å²) in [6, 6.07) is 16.3. The van der Waals surface area contributed by atoms with Crippen molar-refractivity contribution in [2.24, 2.45) is 0 Å². The Morgan fingerprint density at radius 1 is 0.941 bits per heavy atom. The van der Waals surface area contributed by atoms with Gasteiger partial charge in [-0.2, -0.15) is 0 Å². The molecule has 1 aromatic heterocycles. The lowest BCUT2D eigenvalue weighted by Gasteiger charge is -2.03. The van der Waals surface area contributed by atoms with E-state index < -0.39 is 0 Å². The minimum absolute atomic E-state index is 0.801. The lowest BCUT2D eigenvalue weighted by molar-refractivity contribution is 1.39. The molecule has 0 unspecified atom stereocenters. The molecular formula is C15H12ClN. The molecule has 0 fully saturated rings. The summed E-state index contributed by atoms with van der Waals surface area (Å²) in [5, 5.41) is 1.88. The smallest absolute Gasteiger partial charge is 0.0740 e. The number of halogens is 1. The summed E-state index contributed by atoms with van der Waals surface area (Å²) in [5.41, 5.74) is 4.47. The monoisotopic (exact) mass is 241 g/mol. The topological polar surface area (TPSA) is 15.8 Å². The zero-order chi connectivity index (χ0) is 11.8. The number of para-hydroxylation sites is 1. The standard InChI is InChI=1S/C15H12ClN/c1-10-6-2-3-7-11(10)15-14(16)12-8-4-5-9-13(12)17-15/h2-9,17H,1H3. The molecule has 0 saturated heterocycles. The third kappa shape index (κ3) is 1.63. The first kappa shape index (κ1) is 10.4. The summed E-state index contributed by atoms with van der Waals surface area (Å²) < 4.78 is 0. The number of benzene rings is 2. The molecule has 84 valence electrons. The molecule has 1 heterocycles. The first-order valence-electron chi connectivity index (χ1n) is 5.59. The van der Waals surface area contributed by atoms with E-state index in [1.54, 1.807) is 0 Å². The van der Waals surface area contributed by atoms with Gasteiger partial charge in [0.2, 0.25) is 0 Å². The number of fused-ring (bicyclic) bond motifs is 1. The molecule has 0 saturated carbocycles. The number of H-pyrrole nitrogens is 1. The molecule has 0 bridgehead atoms. The number of rotatable bonds is 1. The van der Waals surface area contributed by atoms with Gasteiger partial charge >= 0.3 is 0 Å². The average molecular weight is 242 g/mol. The predicted molar refractivity (Wildman–Crippen MR) is 73.5 cm³/mol. The first-order chi connectivity index (χ1) is 8.27. The van der Waals surface area contributed by atoms with E-state index in [1.165, 1.54) is 5.56 Å². The van der Waals surface area contributed by atoms with Crippen molar-refractivity contribution in [3.63, 3.8) is 0 Å². The number of hydrogen-bond acceptors (Lipinski definition) is 0. The Bertz CT molecular complexity index is 682. The lowest BCUT2D eigenvalue weighted by atomic mass is 10.1. The van der Waals surface area contributed by atoms with E-state index >= 15 is 0 Å². The minimum atomic E-state index is 0.801. The molecule has 0 aliphatic heterocycles. The van der Waals surface area contributed by atoms with Crippen LogP contribution in [-0.4, -0.2) is 4.98 Å². The van der Waals surface area contributed by atoms with Crippen molar-refractivity contribution in [3.8, 4) is 11.3 Å².